The molecule has 160 valence electrons. The first-order chi connectivity index (χ1) is 14.9. The number of fused-ring (bicyclic) bond motifs is 1. The van der Waals surface area contributed by atoms with Gasteiger partial charge in [-0.2, -0.15) is 0 Å². The van der Waals surface area contributed by atoms with Gasteiger partial charge < -0.3 is 14.1 Å². The lowest BCUT2D eigenvalue weighted by molar-refractivity contribution is -0.384. The van der Waals surface area contributed by atoms with Gasteiger partial charge >= 0.3 is 5.97 Å². The van der Waals surface area contributed by atoms with Gasteiger partial charge in [0.1, 0.15) is 12.1 Å². The molecule has 0 N–H and O–H groups in total. The van der Waals surface area contributed by atoms with Gasteiger partial charge in [-0.15, -0.1) is 0 Å². The Kier molecular flexibility index (Phi) is 6.81. The predicted octanol–water partition coefficient (Wildman–Crippen LogP) is 4.85. The number of carbonyl (C=O) groups is 1. The number of non-ortho nitro benzene ring substituents is 1. The molecule has 0 spiro atoms. The number of nitro groups is 1. The Morgan fingerprint density at radius 3 is 2.65 bits per heavy atom. The third-order valence-corrected chi connectivity index (χ3v) is 4.60. The number of benzene rings is 2. The molecule has 0 fully saturated rings. The van der Waals surface area contributed by atoms with E-state index in [0.29, 0.717) is 23.6 Å². The van der Waals surface area contributed by atoms with E-state index in [2.05, 4.69) is 16.5 Å². The number of aromatic nitrogens is 1. The van der Waals surface area contributed by atoms with E-state index in [-0.39, 0.29) is 12.3 Å². The minimum Gasteiger partial charge on any atom is -0.460 e. The molecule has 0 aliphatic rings. The first-order valence-electron chi connectivity index (χ1n) is 9.78. The average molecular weight is 421 g/mol. The summed E-state index contributed by atoms with van der Waals surface area (Å²) in [4.78, 5) is 28.4. The van der Waals surface area contributed by atoms with Crippen molar-refractivity contribution in [2.24, 2.45) is 0 Å². The summed E-state index contributed by atoms with van der Waals surface area (Å²) in [5.41, 5.74) is 3.51. The highest BCUT2D eigenvalue weighted by molar-refractivity contribution is 5.87. The van der Waals surface area contributed by atoms with Crippen molar-refractivity contribution in [3.05, 3.63) is 76.2 Å². The number of likely N-dealkylation sites (N-methyl/N-ethyl adjacent to an activating group) is 1. The molecule has 2 aromatic carbocycles. The zero-order valence-electron chi connectivity index (χ0n) is 17.4. The fourth-order valence-corrected chi connectivity index (χ4v) is 2.92. The Labute approximate surface area is 179 Å². The van der Waals surface area contributed by atoms with Crippen molar-refractivity contribution < 1.29 is 18.9 Å². The fourth-order valence-electron chi connectivity index (χ4n) is 2.92. The van der Waals surface area contributed by atoms with Gasteiger partial charge in [-0.3, -0.25) is 10.1 Å². The van der Waals surface area contributed by atoms with E-state index in [9.17, 15) is 14.9 Å². The summed E-state index contributed by atoms with van der Waals surface area (Å²) < 4.78 is 11.0. The quantitative estimate of drug-likeness (QED) is 0.211. The molecule has 0 aliphatic heterocycles. The van der Waals surface area contributed by atoms with Crippen LogP contribution < -0.4 is 4.90 Å². The molecule has 0 unspecified atom stereocenters. The summed E-state index contributed by atoms with van der Waals surface area (Å²) >= 11 is 0. The Morgan fingerprint density at radius 1 is 1.26 bits per heavy atom. The van der Waals surface area contributed by atoms with Crippen molar-refractivity contribution in [3.63, 3.8) is 0 Å². The standard InChI is InChI=1S/C23H23N3O5/c1-4-25(13-14-30-23(27)16(2)3)19-10-11-20-21(15-19)31-22(24-20)12-7-17-5-8-18(9-6-17)26(28)29/h5-12,15H,2,4,13-14H2,1,3H3. The molecule has 0 radical (unpaired) electrons. The molecule has 1 heterocycles. The molecule has 0 saturated carbocycles. The van der Waals surface area contributed by atoms with Crippen molar-refractivity contribution in [3.8, 4) is 0 Å². The zero-order valence-corrected chi connectivity index (χ0v) is 17.4. The molecule has 3 aromatic rings. The van der Waals surface area contributed by atoms with Gasteiger partial charge in [0.15, 0.2) is 5.58 Å². The number of rotatable bonds is 9. The number of carbonyl (C=O) groups excluding carboxylic acids is 1. The number of nitro benzene ring substituents is 1. The van der Waals surface area contributed by atoms with E-state index in [1.807, 2.05) is 25.1 Å². The van der Waals surface area contributed by atoms with Gasteiger partial charge in [0.05, 0.1) is 11.5 Å². The van der Waals surface area contributed by atoms with Crippen LogP contribution in [-0.4, -0.2) is 35.6 Å². The maximum absolute atomic E-state index is 11.5. The van der Waals surface area contributed by atoms with Crippen molar-refractivity contribution in [1.29, 1.82) is 0 Å². The molecule has 3 rings (SSSR count). The molecular formula is C23H23N3O5. The summed E-state index contributed by atoms with van der Waals surface area (Å²) in [5.74, 6) is 0.0372. The van der Waals surface area contributed by atoms with E-state index in [0.717, 1.165) is 23.3 Å². The van der Waals surface area contributed by atoms with Crippen LogP contribution in [0.2, 0.25) is 0 Å². The highest BCUT2D eigenvalue weighted by atomic mass is 16.6. The van der Waals surface area contributed by atoms with Crippen LogP contribution in [0.15, 0.2) is 59.0 Å². The van der Waals surface area contributed by atoms with Crippen LogP contribution in [0.1, 0.15) is 25.3 Å². The van der Waals surface area contributed by atoms with E-state index in [1.54, 1.807) is 31.2 Å². The van der Waals surface area contributed by atoms with Crippen LogP contribution in [0.4, 0.5) is 11.4 Å². The number of anilines is 1. The number of nitrogens with zero attached hydrogens (tertiary/aromatic N) is 3. The van der Waals surface area contributed by atoms with Crippen LogP contribution in [0.25, 0.3) is 23.3 Å². The summed E-state index contributed by atoms with van der Waals surface area (Å²) in [6, 6.07) is 11.9. The zero-order chi connectivity index (χ0) is 22.4. The molecule has 1 aromatic heterocycles. The molecule has 31 heavy (non-hydrogen) atoms. The third-order valence-electron chi connectivity index (χ3n) is 4.60. The van der Waals surface area contributed by atoms with Gasteiger partial charge in [0, 0.05) is 42.1 Å². The Balaban J connectivity index is 1.70. The van der Waals surface area contributed by atoms with Crippen LogP contribution in [0, 0.1) is 10.1 Å². The smallest absolute Gasteiger partial charge is 0.333 e. The van der Waals surface area contributed by atoms with Crippen molar-refractivity contribution in [1.82, 2.24) is 4.98 Å². The Hall–Kier alpha value is -3.94. The topological polar surface area (TPSA) is 98.7 Å². The second-order valence-electron chi connectivity index (χ2n) is 6.88. The maximum atomic E-state index is 11.5. The van der Waals surface area contributed by atoms with E-state index in [4.69, 9.17) is 9.15 Å². The number of esters is 1. The average Bonchev–Trinajstić information content (AvgIpc) is 3.17. The van der Waals surface area contributed by atoms with E-state index in [1.165, 1.54) is 12.1 Å². The Morgan fingerprint density at radius 2 is 2.00 bits per heavy atom. The van der Waals surface area contributed by atoms with Crippen molar-refractivity contribution in [2.75, 3.05) is 24.6 Å². The van der Waals surface area contributed by atoms with Crippen molar-refractivity contribution in [2.45, 2.75) is 13.8 Å². The molecule has 0 atom stereocenters. The maximum Gasteiger partial charge on any atom is 0.333 e. The number of hydrogen-bond donors (Lipinski definition) is 0. The third kappa shape index (κ3) is 5.57. The lowest BCUT2D eigenvalue weighted by Crippen LogP contribution is -2.28. The molecule has 8 nitrogen and oxygen atoms in total. The highest BCUT2D eigenvalue weighted by Gasteiger charge is 2.11. The van der Waals surface area contributed by atoms with Gasteiger partial charge in [-0.1, -0.05) is 6.58 Å². The predicted molar refractivity (Wildman–Crippen MR) is 120 cm³/mol. The lowest BCUT2D eigenvalue weighted by Gasteiger charge is -2.22. The minimum atomic E-state index is -0.435. The minimum absolute atomic E-state index is 0.0430. The lowest BCUT2D eigenvalue weighted by atomic mass is 10.2. The van der Waals surface area contributed by atoms with E-state index >= 15 is 0 Å². The summed E-state index contributed by atoms with van der Waals surface area (Å²) in [5, 5.41) is 10.7. The summed E-state index contributed by atoms with van der Waals surface area (Å²) in [6.07, 6.45) is 3.50. The Bertz CT molecular complexity index is 1130. The summed E-state index contributed by atoms with van der Waals surface area (Å²) in [6.45, 7) is 8.74. The second kappa shape index (κ2) is 9.71. The van der Waals surface area contributed by atoms with Crippen LogP contribution >= 0.6 is 0 Å². The number of hydrogen-bond acceptors (Lipinski definition) is 7. The normalized spacial score (nSPS) is 11.0. The molecule has 0 aliphatic carbocycles. The largest absolute Gasteiger partial charge is 0.460 e. The fraction of sp³-hybridized carbons (Fsp3) is 0.217. The molecule has 8 heteroatoms. The first kappa shape index (κ1) is 21.8. The highest BCUT2D eigenvalue weighted by Crippen LogP contribution is 2.24. The number of ether oxygens (including phenoxy) is 1. The van der Waals surface area contributed by atoms with Gasteiger partial charge in [-0.25, -0.2) is 9.78 Å². The monoisotopic (exact) mass is 421 g/mol. The SMILES string of the molecule is C=C(C)C(=O)OCCN(CC)c1ccc2nc(C=Cc3ccc([N+](=O)[O-])cc3)oc2c1. The van der Waals surface area contributed by atoms with Crippen LogP contribution in [0.3, 0.4) is 0 Å². The molecular weight excluding hydrogens is 398 g/mol. The molecule has 0 bridgehead atoms. The first-order valence-corrected chi connectivity index (χ1v) is 9.78. The van der Waals surface area contributed by atoms with Crippen molar-refractivity contribution >= 4 is 40.6 Å². The van der Waals surface area contributed by atoms with Crippen LogP contribution in [0.5, 0.6) is 0 Å². The molecule has 0 amide bonds. The van der Waals surface area contributed by atoms with Gasteiger partial charge in [-0.05, 0) is 49.8 Å². The van der Waals surface area contributed by atoms with Gasteiger partial charge in [0.25, 0.3) is 5.69 Å². The summed E-state index contributed by atoms with van der Waals surface area (Å²) in [7, 11) is 0. The molecule has 0 saturated heterocycles. The van der Waals surface area contributed by atoms with Crippen LogP contribution in [-0.2, 0) is 9.53 Å². The number of oxazole rings is 1. The second-order valence-corrected chi connectivity index (χ2v) is 6.88. The van der Waals surface area contributed by atoms with Gasteiger partial charge in [0.2, 0.25) is 5.89 Å². The van der Waals surface area contributed by atoms with E-state index < -0.39 is 10.9 Å².